The minimum Gasteiger partial charge on any atom is -0.466 e. The SMILES string of the molecule is CCOC(=O)C1CCN(C(=O)C(C)OC(=O)Cc2n[nH]c(=O)c3ccccc23)CC1. The van der Waals surface area contributed by atoms with Gasteiger partial charge in [0.15, 0.2) is 6.10 Å². The Labute approximate surface area is 173 Å². The number of likely N-dealkylation sites (tertiary alicyclic amines) is 1. The molecule has 1 aliphatic heterocycles. The first kappa shape index (κ1) is 21.5. The van der Waals surface area contributed by atoms with Crippen LogP contribution in [0.3, 0.4) is 0 Å². The number of piperidine rings is 1. The number of amides is 1. The fraction of sp³-hybridized carbons (Fsp3) is 0.476. The Kier molecular flexibility index (Phi) is 6.81. The van der Waals surface area contributed by atoms with E-state index in [9.17, 15) is 19.2 Å². The number of carbonyl (C=O) groups excluding carboxylic acids is 3. The third-order valence-electron chi connectivity index (χ3n) is 5.17. The second-order valence-electron chi connectivity index (χ2n) is 7.21. The van der Waals surface area contributed by atoms with Gasteiger partial charge in [-0.25, -0.2) is 5.10 Å². The smallest absolute Gasteiger partial charge is 0.312 e. The quantitative estimate of drug-likeness (QED) is 0.704. The third kappa shape index (κ3) is 4.84. The van der Waals surface area contributed by atoms with Gasteiger partial charge in [-0.15, -0.1) is 0 Å². The number of carbonyl (C=O) groups is 3. The lowest BCUT2D eigenvalue weighted by Gasteiger charge is -2.32. The first-order valence-corrected chi connectivity index (χ1v) is 10.0. The molecule has 1 fully saturated rings. The molecule has 2 aromatic rings. The van der Waals surface area contributed by atoms with Crippen LogP contribution in [0.25, 0.3) is 10.8 Å². The number of hydrogen-bond acceptors (Lipinski definition) is 7. The third-order valence-corrected chi connectivity index (χ3v) is 5.17. The van der Waals surface area contributed by atoms with Crippen LogP contribution >= 0.6 is 0 Å². The molecule has 0 saturated carbocycles. The number of H-pyrrole nitrogens is 1. The van der Waals surface area contributed by atoms with Crippen LogP contribution in [0.15, 0.2) is 29.1 Å². The van der Waals surface area contributed by atoms with E-state index in [4.69, 9.17) is 9.47 Å². The highest BCUT2D eigenvalue weighted by molar-refractivity contribution is 5.88. The number of rotatable bonds is 6. The van der Waals surface area contributed by atoms with Gasteiger partial charge in [-0.05, 0) is 32.8 Å². The van der Waals surface area contributed by atoms with Crippen molar-refractivity contribution < 1.29 is 23.9 Å². The Bertz CT molecular complexity index is 994. The normalized spacial score (nSPS) is 15.6. The second-order valence-corrected chi connectivity index (χ2v) is 7.21. The lowest BCUT2D eigenvalue weighted by atomic mass is 9.97. The van der Waals surface area contributed by atoms with Gasteiger partial charge in [0.05, 0.1) is 30.0 Å². The van der Waals surface area contributed by atoms with Gasteiger partial charge in [0, 0.05) is 18.5 Å². The molecule has 1 aromatic heterocycles. The highest BCUT2D eigenvalue weighted by Crippen LogP contribution is 2.20. The Morgan fingerprint density at radius 3 is 2.53 bits per heavy atom. The van der Waals surface area contributed by atoms with Gasteiger partial charge in [0.25, 0.3) is 11.5 Å². The van der Waals surface area contributed by atoms with E-state index in [1.54, 1.807) is 36.1 Å². The molecule has 0 aliphatic carbocycles. The Morgan fingerprint density at radius 1 is 1.20 bits per heavy atom. The van der Waals surface area contributed by atoms with Gasteiger partial charge in [0.2, 0.25) is 0 Å². The van der Waals surface area contributed by atoms with E-state index >= 15 is 0 Å². The van der Waals surface area contributed by atoms with Crippen molar-refractivity contribution in [3.63, 3.8) is 0 Å². The van der Waals surface area contributed by atoms with Crippen LogP contribution in [0.1, 0.15) is 32.4 Å². The van der Waals surface area contributed by atoms with Crippen LogP contribution in [-0.2, 0) is 30.3 Å². The predicted molar refractivity (Wildman–Crippen MR) is 108 cm³/mol. The van der Waals surface area contributed by atoms with Crippen molar-refractivity contribution in [3.05, 3.63) is 40.3 Å². The molecule has 1 amide bonds. The molecule has 9 heteroatoms. The molecule has 2 heterocycles. The monoisotopic (exact) mass is 415 g/mol. The maximum Gasteiger partial charge on any atom is 0.312 e. The number of fused-ring (bicyclic) bond motifs is 1. The first-order valence-electron chi connectivity index (χ1n) is 10.0. The van der Waals surface area contributed by atoms with E-state index in [2.05, 4.69) is 10.2 Å². The lowest BCUT2D eigenvalue weighted by molar-refractivity contribution is -0.160. The summed E-state index contributed by atoms with van der Waals surface area (Å²) in [6.07, 6.45) is -0.0673. The molecular weight excluding hydrogens is 390 g/mol. The van der Waals surface area contributed by atoms with Crippen molar-refractivity contribution in [2.45, 2.75) is 39.2 Å². The minimum atomic E-state index is -0.953. The Hall–Kier alpha value is -3.23. The van der Waals surface area contributed by atoms with Gasteiger partial charge < -0.3 is 14.4 Å². The maximum atomic E-state index is 12.6. The van der Waals surface area contributed by atoms with E-state index in [-0.39, 0.29) is 29.8 Å². The van der Waals surface area contributed by atoms with Crippen LogP contribution in [0, 0.1) is 5.92 Å². The molecule has 30 heavy (non-hydrogen) atoms. The summed E-state index contributed by atoms with van der Waals surface area (Å²) in [6, 6.07) is 6.84. The highest BCUT2D eigenvalue weighted by Gasteiger charge is 2.31. The van der Waals surface area contributed by atoms with Gasteiger partial charge >= 0.3 is 11.9 Å². The van der Waals surface area contributed by atoms with Gasteiger partial charge in [-0.2, -0.15) is 5.10 Å². The van der Waals surface area contributed by atoms with Gasteiger partial charge in [-0.3, -0.25) is 19.2 Å². The number of ether oxygens (including phenoxy) is 2. The first-order chi connectivity index (χ1) is 14.4. The van der Waals surface area contributed by atoms with Crippen molar-refractivity contribution in [1.82, 2.24) is 15.1 Å². The summed E-state index contributed by atoms with van der Waals surface area (Å²) in [5.74, 6) is -1.34. The van der Waals surface area contributed by atoms with Crippen LogP contribution in [-0.4, -0.2) is 58.7 Å². The van der Waals surface area contributed by atoms with Crippen LogP contribution in [0.5, 0.6) is 0 Å². The molecule has 0 radical (unpaired) electrons. The predicted octanol–water partition coefficient (Wildman–Crippen LogP) is 1.20. The molecule has 160 valence electrons. The summed E-state index contributed by atoms with van der Waals surface area (Å²) >= 11 is 0. The molecule has 3 rings (SSSR count). The number of nitrogens with zero attached hydrogens (tertiary/aromatic N) is 2. The summed E-state index contributed by atoms with van der Waals surface area (Å²) in [7, 11) is 0. The molecule has 0 spiro atoms. The molecule has 1 N–H and O–H groups in total. The van der Waals surface area contributed by atoms with Crippen molar-refractivity contribution >= 4 is 28.6 Å². The molecule has 1 saturated heterocycles. The van der Waals surface area contributed by atoms with Crippen molar-refractivity contribution in [2.24, 2.45) is 5.92 Å². The number of aromatic nitrogens is 2. The van der Waals surface area contributed by atoms with Gasteiger partial charge in [-0.1, -0.05) is 18.2 Å². The average Bonchev–Trinajstić information content (AvgIpc) is 2.75. The summed E-state index contributed by atoms with van der Waals surface area (Å²) in [5, 5.41) is 7.32. The summed E-state index contributed by atoms with van der Waals surface area (Å²) in [5.41, 5.74) is 0.0441. The largest absolute Gasteiger partial charge is 0.466 e. The second kappa shape index (κ2) is 9.51. The van der Waals surface area contributed by atoms with Crippen LogP contribution in [0.2, 0.25) is 0 Å². The molecule has 1 atom stereocenters. The van der Waals surface area contributed by atoms with E-state index in [1.165, 1.54) is 6.92 Å². The summed E-state index contributed by atoms with van der Waals surface area (Å²) in [6.45, 7) is 4.45. The van der Waals surface area contributed by atoms with E-state index < -0.39 is 12.1 Å². The van der Waals surface area contributed by atoms with Crippen LogP contribution in [0.4, 0.5) is 0 Å². The highest BCUT2D eigenvalue weighted by atomic mass is 16.5. The molecule has 0 bridgehead atoms. The fourth-order valence-electron chi connectivity index (χ4n) is 3.58. The summed E-state index contributed by atoms with van der Waals surface area (Å²) < 4.78 is 10.3. The molecular formula is C21H25N3O6. The number of hydrogen-bond donors (Lipinski definition) is 1. The zero-order valence-electron chi connectivity index (χ0n) is 17.1. The zero-order valence-corrected chi connectivity index (χ0v) is 17.1. The molecule has 1 unspecified atom stereocenters. The Morgan fingerprint density at radius 2 is 1.87 bits per heavy atom. The van der Waals surface area contributed by atoms with Crippen molar-refractivity contribution in [3.8, 4) is 0 Å². The molecule has 1 aromatic carbocycles. The fourth-order valence-corrected chi connectivity index (χ4v) is 3.58. The zero-order chi connectivity index (χ0) is 21.7. The van der Waals surface area contributed by atoms with Gasteiger partial charge in [0.1, 0.15) is 0 Å². The standard InChI is InChI=1S/C21H25N3O6/c1-3-29-21(28)14-8-10-24(11-9-14)20(27)13(2)30-18(25)12-17-15-6-4-5-7-16(15)19(26)23-22-17/h4-7,13-14H,3,8-12H2,1-2H3,(H,23,26). The van der Waals surface area contributed by atoms with E-state index in [0.29, 0.717) is 49.0 Å². The maximum absolute atomic E-state index is 12.6. The minimum absolute atomic E-state index is 0.167. The van der Waals surface area contributed by atoms with Crippen molar-refractivity contribution in [1.29, 1.82) is 0 Å². The topological polar surface area (TPSA) is 119 Å². The number of benzene rings is 1. The van der Waals surface area contributed by atoms with Crippen molar-refractivity contribution in [2.75, 3.05) is 19.7 Å². The molecule has 1 aliphatic rings. The molecule has 9 nitrogen and oxygen atoms in total. The average molecular weight is 415 g/mol. The number of nitrogens with one attached hydrogen (secondary N) is 1. The van der Waals surface area contributed by atoms with E-state index in [0.717, 1.165) is 0 Å². The Balaban J connectivity index is 1.56. The number of aromatic amines is 1. The van der Waals surface area contributed by atoms with E-state index in [1.807, 2.05) is 0 Å². The number of esters is 2. The summed E-state index contributed by atoms with van der Waals surface area (Å²) in [4.78, 5) is 50.2. The lowest BCUT2D eigenvalue weighted by Crippen LogP contribution is -2.45. The van der Waals surface area contributed by atoms with Crippen LogP contribution < -0.4 is 5.56 Å².